The fourth-order valence-corrected chi connectivity index (χ4v) is 6.41. The van der Waals surface area contributed by atoms with Gasteiger partial charge in [-0.15, -0.1) is 0 Å². The highest BCUT2D eigenvalue weighted by atomic mass is 79.9. The molecule has 1 unspecified atom stereocenters. The molecule has 4 rings (SSSR count). The molecule has 0 saturated heterocycles. The quantitative estimate of drug-likeness (QED) is 0.331. The van der Waals surface area contributed by atoms with E-state index < -0.39 is 28.5 Å². The summed E-state index contributed by atoms with van der Waals surface area (Å²) in [4.78, 5) is 28.7. The third kappa shape index (κ3) is 7.28. The molecule has 0 aromatic heterocycles. The predicted octanol–water partition coefficient (Wildman–Crippen LogP) is 5.43. The van der Waals surface area contributed by atoms with Gasteiger partial charge in [-0.2, -0.15) is 0 Å². The van der Waals surface area contributed by atoms with Crippen molar-refractivity contribution in [2.45, 2.75) is 63.1 Å². The Hall–Kier alpha value is -3.17. The molecule has 0 aliphatic heterocycles. The molecule has 1 fully saturated rings. The Morgan fingerprint density at radius 3 is 2.18 bits per heavy atom. The van der Waals surface area contributed by atoms with Crippen molar-refractivity contribution in [1.82, 2.24) is 10.2 Å². The lowest BCUT2D eigenvalue weighted by Crippen LogP contribution is -2.52. The van der Waals surface area contributed by atoms with Gasteiger partial charge in [0.25, 0.3) is 10.0 Å². The molecule has 1 atom stereocenters. The Morgan fingerprint density at radius 1 is 0.949 bits per heavy atom. The molecule has 0 spiro atoms. The van der Waals surface area contributed by atoms with Gasteiger partial charge in [0.1, 0.15) is 12.6 Å². The summed E-state index contributed by atoms with van der Waals surface area (Å²) in [5.74, 6) is -0.700. The van der Waals surface area contributed by atoms with E-state index in [9.17, 15) is 18.0 Å². The number of benzene rings is 3. The molecule has 0 heterocycles. The average Bonchev–Trinajstić information content (AvgIpc) is 3.44. The van der Waals surface area contributed by atoms with Gasteiger partial charge in [0.05, 0.1) is 10.6 Å². The van der Waals surface area contributed by atoms with Crippen molar-refractivity contribution in [3.63, 3.8) is 0 Å². The first-order valence-electron chi connectivity index (χ1n) is 13.1. The van der Waals surface area contributed by atoms with Crippen LogP contribution in [0.2, 0.25) is 0 Å². The molecular formula is C30H34BrN3O4S. The van der Waals surface area contributed by atoms with Crippen LogP contribution in [0.25, 0.3) is 0 Å². The van der Waals surface area contributed by atoms with Gasteiger partial charge >= 0.3 is 0 Å². The highest BCUT2D eigenvalue weighted by molar-refractivity contribution is 9.10. The first-order chi connectivity index (χ1) is 18.6. The first kappa shape index (κ1) is 28.8. The maximum absolute atomic E-state index is 13.9. The summed E-state index contributed by atoms with van der Waals surface area (Å²) in [6.07, 6.45) is 4.00. The minimum absolute atomic E-state index is 0.0884. The number of carbonyl (C=O) groups is 2. The van der Waals surface area contributed by atoms with E-state index in [1.165, 1.54) is 4.90 Å². The Kier molecular flexibility index (Phi) is 9.45. The fraction of sp³-hybridized carbons (Fsp3) is 0.333. The van der Waals surface area contributed by atoms with Crippen LogP contribution in [-0.2, 0) is 26.2 Å². The van der Waals surface area contributed by atoms with E-state index in [2.05, 4.69) is 21.2 Å². The Balaban J connectivity index is 1.66. The van der Waals surface area contributed by atoms with Crippen molar-refractivity contribution in [1.29, 1.82) is 0 Å². The number of halogens is 1. The highest BCUT2D eigenvalue weighted by Crippen LogP contribution is 2.26. The molecule has 1 saturated carbocycles. The zero-order chi connectivity index (χ0) is 28.0. The van der Waals surface area contributed by atoms with Gasteiger partial charge in [-0.05, 0) is 68.7 Å². The Morgan fingerprint density at radius 2 is 1.56 bits per heavy atom. The number of amides is 2. The molecule has 39 heavy (non-hydrogen) atoms. The smallest absolute Gasteiger partial charge is 0.264 e. The van der Waals surface area contributed by atoms with Gasteiger partial charge < -0.3 is 10.2 Å². The maximum Gasteiger partial charge on any atom is 0.264 e. The lowest BCUT2D eigenvalue weighted by molar-refractivity contribution is -0.139. The number of anilines is 1. The van der Waals surface area contributed by atoms with Crippen LogP contribution in [0.5, 0.6) is 0 Å². The summed E-state index contributed by atoms with van der Waals surface area (Å²) < 4.78 is 29.6. The van der Waals surface area contributed by atoms with Gasteiger partial charge in [-0.1, -0.05) is 76.8 Å². The number of rotatable bonds is 10. The van der Waals surface area contributed by atoms with E-state index in [0.29, 0.717) is 5.69 Å². The largest absolute Gasteiger partial charge is 0.352 e. The van der Waals surface area contributed by atoms with Crippen LogP contribution in [0.1, 0.15) is 43.7 Å². The molecule has 9 heteroatoms. The summed E-state index contributed by atoms with van der Waals surface area (Å²) in [5.41, 5.74) is 2.13. The Labute approximate surface area is 239 Å². The first-order valence-corrected chi connectivity index (χ1v) is 15.4. The lowest BCUT2D eigenvalue weighted by atomic mass is 10.1. The number of carbonyl (C=O) groups excluding carboxylic acids is 2. The van der Waals surface area contributed by atoms with Crippen LogP contribution < -0.4 is 9.62 Å². The second-order valence-electron chi connectivity index (χ2n) is 9.97. The summed E-state index contributed by atoms with van der Waals surface area (Å²) in [7, 11) is -4.08. The van der Waals surface area contributed by atoms with E-state index >= 15 is 0 Å². The van der Waals surface area contributed by atoms with Crippen molar-refractivity contribution in [2.24, 2.45) is 0 Å². The summed E-state index contributed by atoms with van der Waals surface area (Å²) >= 11 is 3.39. The van der Waals surface area contributed by atoms with Gasteiger partial charge in [-0.3, -0.25) is 13.9 Å². The van der Waals surface area contributed by atoms with Crippen molar-refractivity contribution >= 4 is 43.5 Å². The van der Waals surface area contributed by atoms with Gasteiger partial charge in [0, 0.05) is 17.1 Å². The number of nitrogens with zero attached hydrogens (tertiary/aromatic N) is 2. The molecule has 7 nitrogen and oxygen atoms in total. The molecule has 206 valence electrons. The standard InChI is InChI=1S/C30H34BrN3O4S/c1-22-12-18-28(19-13-22)39(37,38)34(27-16-14-25(31)15-17-27)21-29(35)33(20-24-8-4-3-5-9-24)23(2)30(36)32-26-10-6-7-11-26/h3-5,8-9,12-19,23,26H,6-7,10-11,20-21H2,1-2H3,(H,32,36). The Bertz CT molecular complexity index is 1370. The molecular weight excluding hydrogens is 578 g/mol. The van der Waals surface area contributed by atoms with E-state index in [4.69, 9.17) is 0 Å². The molecule has 1 N–H and O–H groups in total. The van der Waals surface area contributed by atoms with Gasteiger partial charge in [-0.25, -0.2) is 8.42 Å². The van der Waals surface area contributed by atoms with Gasteiger partial charge in [0.2, 0.25) is 11.8 Å². The van der Waals surface area contributed by atoms with Crippen LogP contribution in [0.4, 0.5) is 5.69 Å². The minimum atomic E-state index is -4.08. The SMILES string of the molecule is Cc1ccc(S(=O)(=O)N(CC(=O)N(Cc2ccccc2)C(C)C(=O)NC2CCCC2)c2ccc(Br)cc2)cc1. The molecule has 1 aliphatic rings. The topological polar surface area (TPSA) is 86.8 Å². The van der Waals surface area contributed by atoms with Crippen LogP contribution >= 0.6 is 15.9 Å². The summed E-state index contributed by atoms with van der Waals surface area (Å²) in [5, 5.41) is 3.08. The van der Waals surface area contributed by atoms with E-state index in [1.807, 2.05) is 37.3 Å². The molecule has 1 aliphatic carbocycles. The molecule has 0 bridgehead atoms. The fourth-order valence-electron chi connectivity index (χ4n) is 4.73. The third-order valence-corrected chi connectivity index (χ3v) is 9.38. The zero-order valence-electron chi connectivity index (χ0n) is 22.2. The molecule has 2 amide bonds. The van der Waals surface area contributed by atoms with Crippen molar-refractivity contribution in [3.05, 3.63) is 94.5 Å². The van der Waals surface area contributed by atoms with E-state index in [1.54, 1.807) is 55.5 Å². The average molecular weight is 613 g/mol. The lowest BCUT2D eigenvalue weighted by Gasteiger charge is -2.32. The molecule has 3 aromatic carbocycles. The molecule has 3 aromatic rings. The van der Waals surface area contributed by atoms with Gasteiger partial charge in [0.15, 0.2) is 0 Å². The van der Waals surface area contributed by atoms with E-state index in [0.717, 1.165) is 45.6 Å². The second kappa shape index (κ2) is 12.8. The predicted molar refractivity (Wildman–Crippen MR) is 157 cm³/mol. The normalized spacial score (nSPS) is 14.5. The molecule has 0 radical (unpaired) electrons. The number of sulfonamides is 1. The van der Waals surface area contributed by atoms with Crippen LogP contribution in [-0.4, -0.2) is 43.8 Å². The third-order valence-electron chi connectivity index (χ3n) is 7.07. The minimum Gasteiger partial charge on any atom is -0.352 e. The second-order valence-corrected chi connectivity index (χ2v) is 12.8. The summed E-state index contributed by atoms with van der Waals surface area (Å²) in [6.45, 7) is 3.30. The zero-order valence-corrected chi connectivity index (χ0v) is 24.6. The van der Waals surface area contributed by atoms with Crippen molar-refractivity contribution < 1.29 is 18.0 Å². The monoisotopic (exact) mass is 611 g/mol. The number of hydrogen-bond donors (Lipinski definition) is 1. The van der Waals surface area contributed by atoms with Crippen molar-refractivity contribution in [2.75, 3.05) is 10.8 Å². The number of hydrogen-bond acceptors (Lipinski definition) is 4. The van der Waals surface area contributed by atoms with Crippen LogP contribution in [0, 0.1) is 6.92 Å². The van der Waals surface area contributed by atoms with Crippen molar-refractivity contribution in [3.8, 4) is 0 Å². The maximum atomic E-state index is 13.9. The van der Waals surface area contributed by atoms with Crippen LogP contribution in [0.3, 0.4) is 0 Å². The van der Waals surface area contributed by atoms with Crippen LogP contribution in [0.15, 0.2) is 88.2 Å². The highest BCUT2D eigenvalue weighted by Gasteiger charge is 2.33. The number of aryl methyl sites for hydroxylation is 1. The van der Waals surface area contributed by atoms with E-state index in [-0.39, 0.29) is 23.4 Å². The summed E-state index contributed by atoms with van der Waals surface area (Å²) in [6, 6.07) is 22.0. The number of nitrogens with one attached hydrogen (secondary N) is 1.